The summed E-state index contributed by atoms with van der Waals surface area (Å²) >= 11 is 0. The molecule has 1 aliphatic rings. The van der Waals surface area contributed by atoms with Gasteiger partial charge in [0.1, 0.15) is 0 Å². The first kappa shape index (κ1) is 25.1. The average molecular weight is 543 g/mol. The molecular formula is C40H30S. The van der Waals surface area contributed by atoms with Crippen LogP contribution in [0.5, 0.6) is 0 Å². The number of hydrogen-bond donors (Lipinski definition) is 0. The fourth-order valence-corrected chi connectivity index (χ4v) is 10.7. The Balaban J connectivity index is 1.77. The molecule has 0 N–H and O–H groups in total. The Kier molecular flexibility index (Phi) is 6.72. The highest BCUT2D eigenvalue weighted by Gasteiger charge is 2.47. The Morgan fingerprint density at radius 2 is 0.488 bits per heavy atom. The van der Waals surface area contributed by atoms with E-state index in [0.717, 1.165) is 0 Å². The Morgan fingerprint density at radius 3 is 0.780 bits per heavy atom. The van der Waals surface area contributed by atoms with Crippen LogP contribution in [0, 0.1) is 0 Å². The third-order valence-corrected chi connectivity index (χ3v) is 11.8. The molecule has 6 aromatic carbocycles. The molecule has 0 amide bonds. The van der Waals surface area contributed by atoms with Crippen molar-refractivity contribution in [3.05, 3.63) is 204 Å². The lowest BCUT2D eigenvalue weighted by molar-refractivity contribution is 1.38. The van der Waals surface area contributed by atoms with Crippen molar-refractivity contribution in [1.29, 1.82) is 0 Å². The molecule has 0 unspecified atom stereocenters. The molecular weight excluding hydrogens is 513 g/mol. The molecule has 1 heteroatoms. The van der Waals surface area contributed by atoms with E-state index in [1.807, 2.05) is 0 Å². The molecule has 0 atom stereocenters. The Bertz CT molecular complexity index is 1680. The molecule has 41 heavy (non-hydrogen) atoms. The van der Waals surface area contributed by atoms with Crippen molar-refractivity contribution in [2.75, 3.05) is 0 Å². The van der Waals surface area contributed by atoms with E-state index in [0.29, 0.717) is 0 Å². The quantitative estimate of drug-likeness (QED) is 0.196. The summed E-state index contributed by atoms with van der Waals surface area (Å²) in [5.74, 6) is 0. The van der Waals surface area contributed by atoms with Crippen molar-refractivity contribution >= 4 is 31.0 Å². The summed E-state index contributed by atoms with van der Waals surface area (Å²) in [6, 6.07) is 66.5. The van der Waals surface area contributed by atoms with Crippen LogP contribution in [0.2, 0.25) is 0 Å². The van der Waals surface area contributed by atoms with Crippen LogP contribution < -0.4 is 0 Å². The summed E-state index contributed by atoms with van der Waals surface area (Å²) in [6.07, 6.45) is 0. The third kappa shape index (κ3) is 4.27. The maximum atomic E-state index is 2.34. The third-order valence-electron chi connectivity index (χ3n) is 7.71. The second kappa shape index (κ2) is 11.0. The lowest BCUT2D eigenvalue weighted by Gasteiger charge is -2.43. The molecule has 0 aromatic heterocycles. The molecule has 0 aliphatic carbocycles. The summed E-state index contributed by atoms with van der Waals surface area (Å²) in [7, 11) is -1.94. The van der Waals surface area contributed by atoms with Gasteiger partial charge >= 0.3 is 0 Å². The summed E-state index contributed by atoms with van der Waals surface area (Å²) in [6.45, 7) is 0. The molecule has 0 saturated carbocycles. The first-order valence-electron chi connectivity index (χ1n) is 14.0. The van der Waals surface area contributed by atoms with Crippen molar-refractivity contribution in [3.63, 3.8) is 0 Å². The highest BCUT2D eigenvalue weighted by molar-refractivity contribution is 8.48. The largest absolute Gasteiger partial charge is 0.130 e. The molecule has 196 valence electrons. The second-order valence-electron chi connectivity index (χ2n) is 10.1. The zero-order chi connectivity index (χ0) is 27.5. The number of hydrogen-bond acceptors (Lipinski definition) is 0. The molecule has 1 heterocycles. The van der Waals surface area contributed by atoms with Gasteiger partial charge in [0.2, 0.25) is 0 Å². The van der Waals surface area contributed by atoms with E-state index in [9.17, 15) is 0 Å². The van der Waals surface area contributed by atoms with E-state index in [4.69, 9.17) is 0 Å². The fourth-order valence-electron chi connectivity index (χ4n) is 6.07. The summed E-state index contributed by atoms with van der Waals surface area (Å²) in [4.78, 5) is 5.45. The van der Waals surface area contributed by atoms with E-state index in [1.54, 1.807) is 0 Å². The van der Waals surface area contributed by atoms with Gasteiger partial charge in [-0.2, -0.15) is 0 Å². The SMILES string of the molecule is c1ccc(C2=C(c3ccccc3)S(c3ccccc3)(c3ccccc3)C(c3ccccc3)=C2c2ccccc2)cc1. The van der Waals surface area contributed by atoms with Gasteiger partial charge in [-0.25, -0.2) is 0 Å². The average Bonchev–Trinajstić information content (AvgIpc) is 3.40. The van der Waals surface area contributed by atoms with Crippen LogP contribution in [-0.4, -0.2) is 0 Å². The zero-order valence-electron chi connectivity index (χ0n) is 22.7. The van der Waals surface area contributed by atoms with Crippen molar-refractivity contribution in [3.8, 4) is 0 Å². The van der Waals surface area contributed by atoms with Gasteiger partial charge in [0.05, 0.1) is 0 Å². The number of benzene rings is 6. The number of allylic oxidation sites excluding steroid dienone is 2. The van der Waals surface area contributed by atoms with E-state index in [1.165, 1.54) is 53.0 Å². The van der Waals surface area contributed by atoms with Gasteiger partial charge in [-0.3, -0.25) is 0 Å². The Hall–Kier alpha value is -4.85. The molecule has 0 fully saturated rings. The Labute approximate surface area is 244 Å². The lowest BCUT2D eigenvalue weighted by atomic mass is 9.89. The van der Waals surface area contributed by atoms with Crippen molar-refractivity contribution in [2.45, 2.75) is 9.79 Å². The molecule has 7 rings (SSSR count). The standard InChI is InChI=1S/C40H30S/c1-7-19-31(20-8-1)37-38(32-21-9-2-10-22-32)40(34-25-13-4-14-26-34)41(35-27-15-5-16-28-35,36-29-17-6-18-30-36)39(37)33-23-11-3-12-24-33/h1-30H. The van der Waals surface area contributed by atoms with Crippen LogP contribution >= 0.6 is 10.0 Å². The van der Waals surface area contributed by atoms with E-state index < -0.39 is 10.0 Å². The molecule has 0 bridgehead atoms. The predicted octanol–water partition coefficient (Wildman–Crippen LogP) is 11.1. The van der Waals surface area contributed by atoms with Gasteiger partial charge in [-0.05, 0) is 46.5 Å². The molecule has 1 aliphatic heterocycles. The second-order valence-corrected chi connectivity index (χ2v) is 13.1. The van der Waals surface area contributed by atoms with E-state index >= 15 is 0 Å². The first-order chi connectivity index (χ1) is 20.4. The van der Waals surface area contributed by atoms with E-state index in [2.05, 4.69) is 182 Å². The van der Waals surface area contributed by atoms with Crippen molar-refractivity contribution in [2.24, 2.45) is 0 Å². The van der Waals surface area contributed by atoms with Gasteiger partial charge in [0.25, 0.3) is 0 Å². The minimum absolute atomic E-state index is 1.24. The van der Waals surface area contributed by atoms with Crippen LogP contribution in [0.1, 0.15) is 22.3 Å². The van der Waals surface area contributed by atoms with Gasteiger partial charge in [-0.15, -0.1) is 10.0 Å². The van der Waals surface area contributed by atoms with Gasteiger partial charge < -0.3 is 0 Å². The van der Waals surface area contributed by atoms with E-state index in [-0.39, 0.29) is 0 Å². The van der Waals surface area contributed by atoms with Gasteiger partial charge in [-0.1, -0.05) is 158 Å². The maximum absolute atomic E-state index is 2.34. The maximum Gasteiger partial charge on any atom is 0.0181 e. The monoisotopic (exact) mass is 542 g/mol. The molecule has 0 saturated heterocycles. The van der Waals surface area contributed by atoms with Gasteiger partial charge in [0.15, 0.2) is 0 Å². The number of rotatable bonds is 6. The lowest BCUT2D eigenvalue weighted by Crippen LogP contribution is -2.06. The topological polar surface area (TPSA) is 0 Å². The van der Waals surface area contributed by atoms with Crippen LogP contribution in [0.15, 0.2) is 192 Å². The first-order valence-corrected chi connectivity index (χ1v) is 15.7. The predicted molar refractivity (Wildman–Crippen MR) is 176 cm³/mol. The molecule has 6 aromatic rings. The van der Waals surface area contributed by atoms with Crippen LogP contribution in [0.3, 0.4) is 0 Å². The zero-order valence-corrected chi connectivity index (χ0v) is 23.5. The van der Waals surface area contributed by atoms with Crippen LogP contribution in [0.25, 0.3) is 21.0 Å². The summed E-state index contributed by atoms with van der Waals surface area (Å²) in [5, 5.41) is 0. The highest BCUT2D eigenvalue weighted by Crippen LogP contribution is 2.84. The highest BCUT2D eigenvalue weighted by atomic mass is 32.3. The molecule has 0 spiro atoms. The Morgan fingerprint density at radius 1 is 0.244 bits per heavy atom. The van der Waals surface area contributed by atoms with Gasteiger partial charge in [0, 0.05) is 30.7 Å². The summed E-state index contributed by atoms with van der Waals surface area (Å²) < 4.78 is 0. The minimum atomic E-state index is -1.94. The van der Waals surface area contributed by atoms with Crippen molar-refractivity contribution < 1.29 is 0 Å². The van der Waals surface area contributed by atoms with Crippen LogP contribution in [0.4, 0.5) is 0 Å². The smallest absolute Gasteiger partial charge is 0.0181 e. The molecule has 0 radical (unpaired) electrons. The van der Waals surface area contributed by atoms with Crippen LogP contribution in [-0.2, 0) is 0 Å². The fraction of sp³-hybridized carbons (Fsp3) is 0. The van der Waals surface area contributed by atoms with Crippen molar-refractivity contribution in [1.82, 2.24) is 0 Å². The normalized spacial score (nSPS) is 15.1. The summed E-state index contributed by atoms with van der Waals surface area (Å²) in [5.41, 5.74) is 7.61. The minimum Gasteiger partial charge on any atom is -0.130 e. The molecule has 0 nitrogen and oxygen atoms in total.